The van der Waals surface area contributed by atoms with E-state index in [9.17, 15) is 14.9 Å². The highest BCUT2D eigenvalue weighted by molar-refractivity contribution is 6.30. The van der Waals surface area contributed by atoms with Gasteiger partial charge in [0, 0.05) is 16.8 Å². The van der Waals surface area contributed by atoms with Gasteiger partial charge in [-0.05, 0) is 37.3 Å². The molecule has 1 heterocycles. The molecule has 2 rings (SSSR count). The maximum atomic E-state index is 12.0. The highest BCUT2D eigenvalue weighted by Crippen LogP contribution is 2.15. The average molecular weight is 309 g/mol. The van der Waals surface area contributed by atoms with E-state index in [4.69, 9.17) is 16.3 Å². The van der Waals surface area contributed by atoms with E-state index >= 15 is 0 Å². The average Bonchev–Trinajstić information content (AvgIpc) is 2.44. The molecule has 7 heteroatoms. The summed E-state index contributed by atoms with van der Waals surface area (Å²) >= 11 is 5.77. The number of rotatable bonds is 5. The van der Waals surface area contributed by atoms with Gasteiger partial charge >= 0.3 is 11.2 Å². The molecule has 1 aromatic carbocycles. The number of halogens is 1. The van der Waals surface area contributed by atoms with E-state index in [-0.39, 0.29) is 13.2 Å². The molecule has 6 nitrogen and oxygen atoms in total. The van der Waals surface area contributed by atoms with Crippen molar-refractivity contribution in [2.75, 3.05) is 6.61 Å². The van der Waals surface area contributed by atoms with Gasteiger partial charge in [0.2, 0.25) is 0 Å². The third-order valence-corrected chi connectivity index (χ3v) is 3.22. The Hall–Kier alpha value is -2.34. The summed E-state index contributed by atoms with van der Waals surface area (Å²) in [7, 11) is 0. The maximum absolute atomic E-state index is 12.0. The molecule has 0 aliphatic carbocycles. The zero-order chi connectivity index (χ0) is 15.4. The predicted octanol–water partition coefficient (Wildman–Crippen LogP) is 2.80. The molecular weight excluding hydrogens is 296 g/mol. The molecule has 110 valence electrons. The Labute approximate surface area is 125 Å². The summed E-state index contributed by atoms with van der Waals surface area (Å²) in [6, 6.07) is 9.58. The van der Waals surface area contributed by atoms with Gasteiger partial charge in [0.05, 0.1) is 11.5 Å². The number of aryl methyl sites for hydroxylation is 1. The molecule has 0 aliphatic rings. The lowest BCUT2D eigenvalue weighted by Crippen LogP contribution is -2.26. The summed E-state index contributed by atoms with van der Waals surface area (Å²) in [6.07, 6.45) is 0. The van der Waals surface area contributed by atoms with E-state index in [1.165, 1.54) is 10.6 Å². The van der Waals surface area contributed by atoms with Gasteiger partial charge < -0.3 is 9.30 Å². The minimum atomic E-state index is -0.682. The first-order valence-electron chi connectivity index (χ1n) is 6.22. The fourth-order valence-electron chi connectivity index (χ4n) is 1.86. The molecule has 2 aromatic rings. The first-order chi connectivity index (χ1) is 9.99. The second-order valence-corrected chi connectivity index (χ2v) is 4.81. The lowest BCUT2D eigenvalue weighted by atomic mass is 10.3. The number of nitro groups is 1. The molecule has 0 aliphatic heterocycles. The van der Waals surface area contributed by atoms with Crippen molar-refractivity contribution in [2.24, 2.45) is 0 Å². The van der Waals surface area contributed by atoms with Crippen molar-refractivity contribution in [2.45, 2.75) is 13.5 Å². The molecule has 0 saturated heterocycles. The number of nitrogens with zero attached hydrogens (tertiary/aromatic N) is 2. The summed E-state index contributed by atoms with van der Waals surface area (Å²) in [5.41, 5.74) is -0.419. The highest BCUT2D eigenvalue weighted by Gasteiger charge is 2.15. The minimum absolute atomic E-state index is 0.226. The molecule has 0 bridgehead atoms. The SMILES string of the molecule is Cc1ccc([N+](=O)[O-])c(=O)n1CCOc1ccc(Cl)cc1. The number of benzene rings is 1. The second kappa shape index (κ2) is 6.41. The maximum Gasteiger partial charge on any atom is 0.334 e. The molecule has 0 spiro atoms. The van der Waals surface area contributed by atoms with Crippen LogP contribution in [0, 0.1) is 17.0 Å². The Bertz CT molecular complexity index is 710. The quantitative estimate of drug-likeness (QED) is 0.629. The Morgan fingerprint density at radius 3 is 2.52 bits per heavy atom. The van der Waals surface area contributed by atoms with Crippen LogP contribution in [0.25, 0.3) is 0 Å². The predicted molar refractivity (Wildman–Crippen MR) is 79.0 cm³/mol. The van der Waals surface area contributed by atoms with Crippen LogP contribution in [0.3, 0.4) is 0 Å². The van der Waals surface area contributed by atoms with Crippen molar-refractivity contribution >= 4 is 17.3 Å². The molecule has 21 heavy (non-hydrogen) atoms. The lowest BCUT2D eigenvalue weighted by Gasteiger charge is -2.10. The Balaban J connectivity index is 2.09. The third kappa shape index (κ3) is 3.61. The Morgan fingerprint density at radius 1 is 1.24 bits per heavy atom. The second-order valence-electron chi connectivity index (χ2n) is 4.38. The molecule has 1 aromatic heterocycles. The first kappa shape index (κ1) is 15.1. The van der Waals surface area contributed by atoms with Crippen molar-refractivity contribution < 1.29 is 9.66 Å². The normalized spacial score (nSPS) is 10.4. The Morgan fingerprint density at radius 2 is 1.90 bits per heavy atom. The summed E-state index contributed by atoms with van der Waals surface area (Å²) in [5.74, 6) is 0.621. The van der Waals surface area contributed by atoms with Crippen molar-refractivity contribution in [1.82, 2.24) is 4.57 Å². The third-order valence-electron chi connectivity index (χ3n) is 2.97. The van der Waals surface area contributed by atoms with Crippen molar-refractivity contribution in [3.63, 3.8) is 0 Å². The molecule has 0 atom stereocenters. The molecule has 0 unspecified atom stereocenters. The van der Waals surface area contributed by atoms with E-state index in [2.05, 4.69) is 0 Å². The van der Waals surface area contributed by atoms with Crippen molar-refractivity contribution in [3.8, 4) is 5.75 Å². The number of hydrogen-bond donors (Lipinski definition) is 0. The fraction of sp³-hybridized carbons (Fsp3) is 0.214. The van der Waals surface area contributed by atoms with Crippen LogP contribution in [0.15, 0.2) is 41.2 Å². The Kier molecular flexibility index (Phi) is 4.59. The number of aromatic nitrogens is 1. The van der Waals surface area contributed by atoms with E-state index in [1.54, 1.807) is 37.3 Å². The van der Waals surface area contributed by atoms with Crippen LogP contribution in [0.4, 0.5) is 5.69 Å². The van der Waals surface area contributed by atoms with Crippen molar-refractivity contribution in [1.29, 1.82) is 0 Å². The van der Waals surface area contributed by atoms with Gasteiger partial charge in [-0.2, -0.15) is 0 Å². The van der Waals surface area contributed by atoms with Crippen LogP contribution in [0.2, 0.25) is 5.02 Å². The van der Waals surface area contributed by atoms with Crippen LogP contribution in [-0.4, -0.2) is 16.1 Å². The summed E-state index contributed by atoms with van der Waals surface area (Å²) in [6.45, 7) is 2.17. The lowest BCUT2D eigenvalue weighted by molar-refractivity contribution is -0.386. The fourth-order valence-corrected chi connectivity index (χ4v) is 1.99. The van der Waals surface area contributed by atoms with Gasteiger partial charge in [-0.3, -0.25) is 14.9 Å². The molecule has 0 fully saturated rings. The van der Waals surface area contributed by atoms with Gasteiger partial charge in [0.1, 0.15) is 12.4 Å². The largest absolute Gasteiger partial charge is 0.492 e. The van der Waals surface area contributed by atoms with E-state index in [1.807, 2.05) is 0 Å². The van der Waals surface area contributed by atoms with E-state index in [0.29, 0.717) is 16.5 Å². The van der Waals surface area contributed by atoms with Crippen LogP contribution in [-0.2, 0) is 6.54 Å². The highest BCUT2D eigenvalue weighted by atomic mass is 35.5. The zero-order valence-corrected chi connectivity index (χ0v) is 12.0. The number of hydrogen-bond acceptors (Lipinski definition) is 4. The summed E-state index contributed by atoms with van der Waals surface area (Å²) in [5, 5.41) is 11.4. The monoisotopic (exact) mass is 308 g/mol. The van der Waals surface area contributed by atoms with Crippen LogP contribution >= 0.6 is 11.6 Å². The molecule has 0 amide bonds. The van der Waals surface area contributed by atoms with E-state index < -0.39 is 16.2 Å². The number of ether oxygens (including phenoxy) is 1. The first-order valence-corrected chi connectivity index (χ1v) is 6.60. The topological polar surface area (TPSA) is 74.4 Å². The van der Waals surface area contributed by atoms with Crippen LogP contribution in [0.5, 0.6) is 5.75 Å². The summed E-state index contributed by atoms with van der Waals surface area (Å²) < 4.78 is 6.81. The van der Waals surface area contributed by atoms with Gasteiger partial charge in [-0.1, -0.05) is 11.6 Å². The summed E-state index contributed by atoms with van der Waals surface area (Å²) in [4.78, 5) is 22.0. The minimum Gasteiger partial charge on any atom is -0.492 e. The molecule has 0 N–H and O–H groups in total. The van der Waals surface area contributed by atoms with E-state index in [0.717, 1.165) is 0 Å². The smallest absolute Gasteiger partial charge is 0.334 e. The van der Waals surface area contributed by atoms with Crippen molar-refractivity contribution in [3.05, 3.63) is 67.6 Å². The van der Waals surface area contributed by atoms with Crippen LogP contribution in [0.1, 0.15) is 5.69 Å². The standard InChI is InChI=1S/C14H13ClN2O4/c1-10-2-7-13(17(19)20)14(18)16(10)8-9-21-12-5-3-11(15)4-6-12/h2-7H,8-9H2,1H3. The zero-order valence-electron chi connectivity index (χ0n) is 11.3. The molecule has 0 saturated carbocycles. The van der Waals surface area contributed by atoms with Gasteiger partial charge in [0.15, 0.2) is 0 Å². The van der Waals surface area contributed by atoms with Gasteiger partial charge in [-0.25, -0.2) is 0 Å². The van der Waals surface area contributed by atoms with Crippen LogP contribution < -0.4 is 10.3 Å². The van der Waals surface area contributed by atoms with Gasteiger partial charge in [0.25, 0.3) is 0 Å². The molecular formula is C14H13ClN2O4. The number of pyridine rings is 1. The molecule has 0 radical (unpaired) electrons. The van der Waals surface area contributed by atoms with Gasteiger partial charge in [-0.15, -0.1) is 0 Å².